The molecule has 4 heteroatoms. The summed E-state index contributed by atoms with van der Waals surface area (Å²) in [7, 11) is 1.60. The van der Waals surface area contributed by atoms with E-state index in [-0.39, 0.29) is 11.7 Å². The number of anilines is 1. The molecule has 0 N–H and O–H groups in total. The summed E-state index contributed by atoms with van der Waals surface area (Å²) in [5.74, 6) is -0.503. The number of carbonyl (C=O) groups excluding carboxylic acids is 1. The molecule has 0 fully saturated rings. The van der Waals surface area contributed by atoms with Crippen LogP contribution in [0.25, 0.3) is 0 Å². The van der Waals surface area contributed by atoms with Gasteiger partial charge in [0.15, 0.2) is 0 Å². The molecule has 0 aromatic heterocycles. The lowest BCUT2D eigenvalue weighted by atomic mass is 10.3. The van der Waals surface area contributed by atoms with Crippen molar-refractivity contribution in [3.05, 3.63) is 28.5 Å². The van der Waals surface area contributed by atoms with Crippen molar-refractivity contribution < 1.29 is 9.18 Å². The molecule has 1 rings (SSSR count). The maximum Gasteiger partial charge on any atom is 0.223 e. The fourth-order valence-corrected chi connectivity index (χ4v) is 1.45. The minimum absolute atomic E-state index is 0.133. The van der Waals surface area contributed by atoms with Crippen LogP contribution in [0.5, 0.6) is 0 Å². The summed E-state index contributed by atoms with van der Waals surface area (Å²) in [5.41, 5.74) is 0.535. The third-order valence-electron chi connectivity index (χ3n) is 1.76. The highest BCUT2D eigenvalue weighted by Crippen LogP contribution is 2.27. The van der Waals surface area contributed by atoms with E-state index in [4.69, 9.17) is 0 Å². The number of amides is 1. The molecule has 2 nitrogen and oxygen atoms in total. The Morgan fingerprint density at radius 2 is 2.15 bits per heavy atom. The van der Waals surface area contributed by atoms with Crippen molar-refractivity contribution in [3.8, 4) is 0 Å². The number of nitrogens with zero attached hydrogens (tertiary/aromatic N) is 1. The first kappa shape index (κ1) is 10.2. The Balaban J connectivity index is 3.15. The minimum atomic E-state index is -0.370. The van der Waals surface area contributed by atoms with Crippen molar-refractivity contribution in [3.63, 3.8) is 0 Å². The van der Waals surface area contributed by atoms with Crippen molar-refractivity contribution in [2.75, 3.05) is 11.9 Å². The first-order valence-electron chi connectivity index (χ1n) is 3.72. The molecule has 0 aliphatic heterocycles. The molecule has 0 bridgehead atoms. The maximum absolute atomic E-state index is 13.0. The summed E-state index contributed by atoms with van der Waals surface area (Å²) in [5, 5.41) is 0. The van der Waals surface area contributed by atoms with E-state index in [1.54, 1.807) is 19.2 Å². The highest BCUT2D eigenvalue weighted by atomic mass is 79.9. The van der Waals surface area contributed by atoms with Gasteiger partial charge < -0.3 is 4.90 Å². The Kier molecular flexibility index (Phi) is 3.03. The lowest BCUT2D eigenvalue weighted by molar-refractivity contribution is -0.116. The average molecular weight is 246 g/mol. The van der Waals surface area contributed by atoms with E-state index in [0.29, 0.717) is 10.2 Å². The quantitative estimate of drug-likeness (QED) is 0.745. The Hall–Kier alpha value is -0.900. The molecule has 0 atom stereocenters. The van der Waals surface area contributed by atoms with Crippen LogP contribution in [0.3, 0.4) is 0 Å². The molecule has 0 saturated heterocycles. The monoisotopic (exact) mass is 245 g/mol. The van der Waals surface area contributed by atoms with Crippen LogP contribution in [0.1, 0.15) is 6.92 Å². The lowest BCUT2D eigenvalue weighted by Crippen LogP contribution is -2.23. The largest absolute Gasteiger partial charge is 0.315 e. The summed E-state index contributed by atoms with van der Waals surface area (Å²) in [6.45, 7) is 1.43. The summed E-state index contributed by atoms with van der Waals surface area (Å²) < 4.78 is 13.3. The molecule has 0 heterocycles. The van der Waals surface area contributed by atoms with Crippen LogP contribution >= 0.6 is 15.9 Å². The molecule has 1 amide bonds. The van der Waals surface area contributed by atoms with Crippen LogP contribution in [-0.4, -0.2) is 13.0 Å². The molecule has 0 saturated carbocycles. The highest BCUT2D eigenvalue weighted by molar-refractivity contribution is 9.10. The van der Waals surface area contributed by atoms with E-state index in [0.717, 1.165) is 0 Å². The van der Waals surface area contributed by atoms with Gasteiger partial charge in [-0.1, -0.05) is 6.07 Å². The molecular formula is C9H9BrFNO. The third-order valence-corrected chi connectivity index (χ3v) is 2.55. The molecule has 1 aromatic carbocycles. The van der Waals surface area contributed by atoms with E-state index in [2.05, 4.69) is 15.9 Å². The Labute approximate surface area is 84.5 Å². The van der Waals surface area contributed by atoms with E-state index in [1.807, 2.05) is 0 Å². The number of hydrogen-bond donors (Lipinski definition) is 0. The third kappa shape index (κ3) is 2.06. The van der Waals surface area contributed by atoms with Gasteiger partial charge in [0, 0.05) is 14.0 Å². The van der Waals surface area contributed by atoms with Crippen molar-refractivity contribution in [2.45, 2.75) is 6.92 Å². The zero-order valence-corrected chi connectivity index (χ0v) is 8.93. The van der Waals surface area contributed by atoms with Crippen LogP contribution < -0.4 is 4.90 Å². The van der Waals surface area contributed by atoms with Crippen LogP contribution in [0.4, 0.5) is 10.1 Å². The fraction of sp³-hybridized carbons (Fsp3) is 0.222. The van der Waals surface area contributed by atoms with Gasteiger partial charge in [-0.2, -0.15) is 0 Å². The van der Waals surface area contributed by atoms with Gasteiger partial charge in [0.1, 0.15) is 5.82 Å². The smallest absolute Gasteiger partial charge is 0.223 e. The second-order valence-corrected chi connectivity index (χ2v) is 3.44. The van der Waals surface area contributed by atoms with Gasteiger partial charge in [-0.15, -0.1) is 0 Å². The van der Waals surface area contributed by atoms with Crippen LogP contribution in [0, 0.1) is 5.82 Å². The first-order chi connectivity index (χ1) is 6.04. The summed E-state index contributed by atoms with van der Waals surface area (Å²) in [4.78, 5) is 12.4. The highest BCUT2D eigenvalue weighted by Gasteiger charge is 2.11. The lowest BCUT2D eigenvalue weighted by Gasteiger charge is -2.16. The topological polar surface area (TPSA) is 20.3 Å². The van der Waals surface area contributed by atoms with E-state index >= 15 is 0 Å². The van der Waals surface area contributed by atoms with E-state index < -0.39 is 0 Å². The molecule has 0 aliphatic carbocycles. The van der Waals surface area contributed by atoms with Crippen LogP contribution in [0.2, 0.25) is 0 Å². The van der Waals surface area contributed by atoms with Crippen molar-refractivity contribution in [2.24, 2.45) is 0 Å². The van der Waals surface area contributed by atoms with Crippen LogP contribution in [-0.2, 0) is 4.79 Å². The summed E-state index contributed by atoms with van der Waals surface area (Å²) in [6, 6.07) is 4.57. The Bertz CT molecular complexity index is 340. The Morgan fingerprint density at radius 1 is 1.54 bits per heavy atom. The van der Waals surface area contributed by atoms with Crippen molar-refractivity contribution >= 4 is 27.5 Å². The number of halogens is 2. The predicted octanol–water partition coefficient (Wildman–Crippen LogP) is 2.57. The van der Waals surface area contributed by atoms with Gasteiger partial charge in [-0.3, -0.25) is 4.79 Å². The summed E-state index contributed by atoms with van der Waals surface area (Å²) >= 11 is 3.08. The average Bonchev–Trinajstić information content (AvgIpc) is 2.08. The van der Waals surface area contributed by atoms with Crippen molar-refractivity contribution in [1.82, 2.24) is 0 Å². The van der Waals surface area contributed by atoms with Crippen molar-refractivity contribution in [1.29, 1.82) is 0 Å². The Morgan fingerprint density at radius 3 is 2.69 bits per heavy atom. The number of benzene rings is 1. The maximum atomic E-state index is 13.0. The van der Waals surface area contributed by atoms with Crippen LogP contribution in [0.15, 0.2) is 22.7 Å². The van der Waals surface area contributed by atoms with E-state index in [1.165, 1.54) is 17.9 Å². The second-order valence-electron chi connectivity index (χ2n) is 2.65. The number of hydrogen-bond acceptors (Lipinski definition) is 1. The van der Waals surface area contributed by atoms with Gasteiger partial charge in [0.2, 0.25) is 5.91 Å². The zero-order chi connectivity index (χ0) is 10.0. The molecule has 13 heavy (non-hydrogen) atoms. The molecular weight excluding hydrogens is 237 g/mol. The first-order valence-corrected chi connectivity index (χ1v) is 4.51. The molecule has 0 spiro atoms. The molecule has 1 aromatic rings. The normalized spacial score (nSPS) is 9.85. The zero-order valence-electron chi connectivity index (χ0n) is 7.34. The molecule has 0 unspecified atom stereocenters. The number of carbonyl (C=O) groups is 1. The molecule has 70 valence electrons. The second kappa shape index (κ2) is 3.87. The predicted molar refractivity (Wildman–Crippen MR) is 53.2 cm³/mol. The van der Waals surface area contributed by atoms with Gasteiger partial charge >= 0.3 is 0 Å². The summed E-state index contributed by atoms with van der Waals surface area (Å²) in [6.07, 6.45) is 0. The standard InChI is InChI=1S/C9H9BrFNO/c1-6(13)12(2)8-5-3-4-7(11)9(8)10/h3-5H,1-2H3. The van der Waals surface area contributed by atoms with Gasteiger partial charge in [-0.05, 0) is 28.1 Å². The van der Waals surface area contributed by atoms with Gasteiger partial charge in [0.25, 0.3) is 0 Å². The number of rotatable bonds is 1. The molecule has 0 radical (unpaired) electrons. The molecule has 0 aliphatic rings. The SMILES string of the molecule is CC(=O)N(C)c1cccc(F)c1Br. The fourth-order valence-electron chi connectivity index (χ4n) is 0.921. The minimum Gasteiger partial charge on any atom is -0.315 e. The van der Waals surface area contributed by atoms with Gasteiger partial charge in [0.05, 0.1) is 10.2 Å². The van der Waals surface area contributed by atoms with E-state index in [9.17, 15) is 9.18 Å². The van der Waals surface area contributed by atoms with Gasteiger partial charge in [-0.25, -0.2) is 4.39 Å².